The fourth-order valence-corrected chi connectivity index (χ4v) is 2.99. The SMILES string of the molecule is CCNc1cc([N+](=O)[O-])cc(-c2cscc2Br)n1. The van der Waals surface area contributed by atoms with E-state index < -0.39 is 4.92 Å². The molecule has 0 radical (unpaired) electrons. The molecular formula is C11H10BrN3O2S. The third-order valence-corrected chi connectivity index (χ3v) is 3.97. The number of rotatable bonds is 4. The van der Waals surface area contributed by atoms with Crippen molar-refractivity contribution >= 4 is 38.8 Å². The first-order valence-electron chi connectivity index (χ1n) is 5.24. The van der Waals surface area contributed by atoms with Gasteiger partial charge in [-0.05, 0) is 22.9 Å². The summed E-state index contributed by atoms with van der Waals surface area (Å²) in [7, 11) is 0. The van der Waals surface area contributed by atoms with Crippen LogP contribution in [0.2, 0.25) is 0 Å². The van der Waals surface area contributed by atoms with Crippen molar-refractivity contribution in [2.24, 2.45) is 0 Å². The first kappa shape index (κ1) is 13.0. The summed E-state index contributed by atoms with van der Waals surface area (Å²) in [5.41, 5.74) is 1.49. The minimum atomic E-state index is -0.410. The van der Waals surface area contributed by atoms with Crippen molar-refractivity contribution in [2.75, 3.05) is 11.9 Å². The molecule has 0 aliphatic heterocycles. The highest BCUT2D eigenvalue weighted by molar-refractivity contribution is 9.10. The molecule has 2 heterocycles. The predicted molar refractivity (Wildman–Crippen MR) is 76.1 cm³/mol. The van der Waals surface area contributed by atoms with Gasteiger partial charge < -0.3 is 5.32 Å². The van der Waals surface area contributed by atoms with E-state index in [0.29, 0.717) is 18.1 Å². The normalized spacial score (nSPS) is 10.3. The second-order valence-corrected chi connectivity index (χ2v) is 5.11. The Morgan fingerprint density at radius 2 is 2.28 bits per heavy atom. The molecular weight excluding hydrogens is 318 g/mol. The Kier molecular flexibility index (Phi) is 3.93. The van der Waals surface area contributed by atoms with Gasteiger partial charge in [-0.15, -0.1) is 0 Å². The average Bonchev–Trinajstić information content (AvgIpc) is 2.75. The van der Waals surface area contributed by atoms with E-state index in [9.17, 15) is 10.1 Å². The lowest BCUT2D eigenvalue weighted by Gasteiger charge is -2.05. The zero-order valence-corrected chi connectivity index (χ0v) is 11.9. The van der Waals surface area contributed by atoms with Crippen LogP contribution in [0.4, 0.5) is 11.5 Å². The lowest BCUT2D eigenvalue weighted by atomic mass is 10.2. The quantitative estimate of drug-likeness (QED) is 0.682. The van der Waals surface area contributed by atoms with Crippen LogP contribution >= 0.6 is 27.3 Å². The van der Waals surface area contributed by atoms with E-state index in [1.807, 2.05) is 17.7 Å². The fourth-order valence-electron chi connectivity index (χ4n) is 1.50. The Balaban J connectivity index is 2.53. The maximum atomic E-state index is 10.9. The molecule has 0 aromatic carbocycles. The van der Waals surface area contributed by atoms with Gasteiger partial charge >= 0.3 is 0 Å². The summed E-state index contributed by atoms with van der Waals surface area (Å²) in [4.78, 5) is 14.9. The minimum Gasteiger partial charge on any atom is -0.370 e. The molecule has 0 saturated carbocycles. The molecule has 2 aromatic heterocycles. The molecule has 0 saturated heterocycles. The minimum absolute atomic E-state index is 0.0362. The number of aromatic nitrogens is 1. The summed E-state index contributed by atoms with van der Waals surface area (Å²) in [5, 5.41) is 17.7. The van der Waals surface area contributed by atoms with Crippen LogP contribution in [-0.4, -0.2) is 16.5 Å². The second kappa shape index (κ2) is 5.45. The number of pyridine rings is 1. The van der Waals surface area contributed by atoms with Gasteiger partial charge in [0.25, 0.3) is 5.69 Å². The smallest absolute Gasteiger partial charge is 0.275 e. The van der Waals surface area contributed by atoms with Crippen molar-refractivity contribution in [1.29, 1.82) is 0 Å². The number of hydrogen-bond donors (Lipinski definition) is 1. The van der Waals surface area contributed by atoms with Crippen LogP contribution < -0.4 is 5.32 Å². The molecule has 1 N–H and O–H groups in total. The topological polar surface area (TPSA) is 68.1 Å². The second-order valence-electron chi connectivity index (χ2n) is 3.52. The maximum absolute atomic E-state index is 10.9. The van der Waals surface area contributed by atoms with Crippen LogP contribution in [0.15, 0.2) is 27.4 Å². The van der Waals surface area contributed by atoms with Gasteiger partial charge in [-0.1, -0.05) is 0 Å². The molecule has 0 fully saturated rings. The van der Waals surface area contributed by atoms with Crippen molar-refractivity contribution in [3.8, 4) is 11.3 Å². The lowest BCUT2D eigenvalue weighted by molar-refractivity contribution is -0.384. The molecule has 0 amide bonds. The van der Waals surface area contributed by atoms with E-state index >= 15 is 0 Å². The third-order valence-electron chi connectivity index (χ3n) is 2.27. The maximum Gasteiger partial charge on any atom is 0.275 e. The predicted octanol–water partition coefficient (Wildman–Crippen LogP) is 3.91. The summed E-state index contributed by atoms with van der Waals surface area (Å²) < 4.78 is 0.892. The molecule has 18 heavy (non-hydrogen) atoms. The van der Waals surface area contributed by atoms with E-state index in [-0.39, 0.29) is 5.69 Å². The zero-order valence-electron chi connectivity index (χ0n) is 9.51. The lowest BCUT2D eigenvalue weighted by Crippen LogP contribution is -2.01. The molecule has 5 nitrogen and oxygen atoms in total. The summed E-state index contributed by atoms with van der Waals surface area (Å²) in [6.07, 6.45) is 0. The molecule has 0 aliphatic carbocycles. The van der Waals surface area contributed by atoms with Crippen molar-refractivity contribution in [3.05, 3.63) is 37.5 Å². The first-order chi connectivity index (χ1) is 8.61. The first-order valence-corrected chi connectivity index (χ1v) is 6.97. The van der Waals surface area contributed by atoms with Gasteiger partial charge in [0.15, 0.2) is 0 Å². The van der Waals surface area contributed by atoms with Crippen LogP contribution in [0.3, 0.4) is 0 Å². The van der Waals surface area contributed by atoms with Crippen molar-refractivity contribution in [2.45, 2.75) is 6.92 Å². The van der Waals surface area contributed by atoms with Gasteiger partial charge in [0.1, 0.15) is 5.82 Å². The molecule has 0 unspecified atom stereocenters. The zero-order chi connectivity index (χ0) is 13.1. The molecule has 94 valence electrons. The number of hydrogen-bond acceptors (Lipinski definition) is 5. The fraction of sp³-hybridized carbons (Fsp3) is 0.182. The van der Waals surface area contributed by atoms with Crippen LogP contribution in [0.5, 0.6) is 0 Å². The standard InChI is InChI=1S/C11H10BrN3O2S/c1-2-13-11-4-7(15(16)17)3-10(14-11)8-5-18-6-9(8)12/h3-6H,2H2,1H3,(H,13,14). The van der Waals surface area contributed by atoms with Gasteiger partial charge in [0.2, 0.25) is 0 Å². The summed E-state index contributed by atoms with van der Waals surface area (Å²) >= 11 is 4.93. The number of thiophene rings is 1. The number of nitrogens with zero attached hydrogens (tertiary/aromatic N) is 2. The van der Waals surface area contributed by atoms with E-state index in [0.717, 1.165) is 10.0 Å². The van der Waals surface area contributed by atoms with Crippen molar-refractivity contribution < 1.29 is 4.92 Å². The highest BCUT2D eigenvalue weighted by atomic mass is 79.9. The Hall–Kier alpha value is -1.47. The number of halogens is 1. The van der Waals surface area contributed by atoms with Gasteiger partial charge in [0, 0.05) is 33.4 Å². The van der Waals surface area contributed by atoms with Gasteiger partial charge in [-0.2, -0.15) is 11.3 Å². The molecule has 0 bridgehead atoms. The monoisotopic (exact) mass is 327 g/mol. The highest BCUT2D eigenvalue weighted by Crippen LogP contribution is 2.33. The van der Waals surface area contributed by atoms with E-state index in [2.05, 4.69) is 26.2 Å². The molecule has 0 atom stereocenters. The van der Waals surface area contributed by atoms with Crippen LogP contribution in [-0.2, 0) is 0 Å². The van der Waals surface area contributed by atoms with Crippen LogP contribution in [0, 0.1) is 10.1 Å². The number of nitro groups is 1. The summed E-state index contributed by atoms with van der Waals surface area (Å²) in [6, 6.07) is 2.92. The Morgan fingerprint density at radius 1 is 1.50 bits per heavy atom. The van der Waals surface area contributed by atoms with Gasteiger partial charge in [-0.3, -0.25) is 10.1 Å². The molecule has 0 aliphatic rings. The van der Waals surface area contributed by atoms with Crippen LogP contribution in [0.25, 0.3) is 11.3 Å². The van der Waals surface area contributed by atoms with E-state index in [1.54, 1.807) is 0 Å². The summed E-state index contributed by atoms with van der Waals surface area (Å²) in [6.45, 7) is 2.58. The van der Waals surface area contributed by atoms with Gasteiger partial charge in [0.05, 0.1) is 16.7 Å². The van der Waals surface area contributed by atoms with Crippen molar-refractivity contribution in [1.82, 2.24) is 4.98 Å². The Morgan fingerprint density at radius 3 is 2.83 bits per heavy atom. The molecule has 2 aromatic rings. The molecule has 7 heteroatoms. The average molecular weight is 328 g/mol. The molecule has 0 spiro atoms. The third kappa shape index (κ3) is 2.68. The summed E-state index contributed by atoms with van der Waals surface area (Å²) in [5.74, 6) is 0.514. The van der Waals surface area contributed by atoms with Crippen LogP contribution in [0.1, 0.15) is 6.92 Å². The van der Waals surface area contributed by atoms with E-state index in [4.69, 9.17) is 0 Å². The number of anilines is 1. The largest absolute Gasteiger partial charge is 0.370 e. The highest BCUT2D eigenvalue weighted by Gasteiger charge is 2.14. The Labute approximate surface area is 116 Å². The van der Waals surface area contributed by atoms with E-state index in [1.165, 1.54) is 23.5 Å². The number of nitrogens with one attached hydrogen (secondary N) is 1. The molecule has 2 rings (SSSR count). The van der Waals surface area contributed by atoms with Crippen molar-refractivity contribution in [3.63, 3.8) is 0 Å². The van der Waals surface area contributed by atoms with Gasteiger partial charge in [-0.25, -0.2) is 4.98 Å². The Bertz CT molecular complexity index is 585.